The highest BCUT2D eigenvalue weighted by Gasteiger charge is 2.13. The summed E-state index contributed by atoms with van der Waals surface area (Å²) in [6.07, 6.45) is 0. The van der Waals surface area contributed by atoms with Crippen molar-refractivity contribution < 1.29 is 4.74 Å². The molecule has 0 aliphatic rings. The van der Waals surface area contributed by atoms with Gasteiger partial charge in [0.05, 0.1) is 24.2 Å². The molecule has 22 heavy (non-hydrogen) atoms. The summed E-state index contributed by atoms with van der Waals surface area (Å²) >= 11 is 0. The number of fused-ring (bicyclic) bond motifs is 1. The Balaban J connectivity index is 2.09. The second-order valence-electron chi connectivity index (χ2n) is 5.40. The van der Waals surface area contributed by atoms with Gasteiger partial charge in [-0.1, -0.05) is 18.2 Å². The smallest absolute Gasteiger partial charge is 0.328 e. The molecule has 0 aliphatic heterocycles. The van der Waals surface area contributed by atoms with Crippen molar-refractivity contribution in [3.63, 3.8) is 0 Å². The molecule has 3 rings (SSSR count). The van der Waals surface area contributed by atoms with Gasteiger partial charge in [0, 0.05) is 14.1 Å². The number of benzene rings is 2. The summed E-state index contributed by atoms with van der Waals surface area (Å²) in [6, 6.07) is 13.3. The van der Waals surface area contributed by atoms with Crippen molar-refractivity contribution >= 4 is 11.0 Å². The zero-order chi connectivity index (χ0) is 15.9. The van der Waals surface area contributed by atoms with Crippen LogP contribution in [-0.2, 0) is 14.1 Å². The van der Waals surface area contributed by atoms with Gasteiger partial charge in [-0.15, -0.1) is 0 Å². The topological polar surface area (TPSA) is 62.2 Å². The van der Waals surface area contributed by atoms with Gasteiger partial charge in [0.1, 0.15) is 5.75 Å². The van der Waals surface area contributed by atoms with E-state index in [1.165, 1.54) is 0 Å². The Morgan fingerprint density at radius 1 is 1.00 bits per heavy atom. The maximum Gasteiger partial charge on any atom is 0.328 e. The van der Waals surface area contributed by atoms with E-state index in [4.69, 9.17) is 10.5 Å². The van der Waals surface area contributed by atoms with Gasteiger partial charge in [-0.3, -0.25) is 9.13 Å². The largest absolute Gasteiger partial charge is 0.497 e. The Bertz CT molecular complexity index is 893. The minimum Gasteiger partial charge on any atom is -0.497 e. The third-order valence-electron chi connectivity index (χ3n) is 4.11. The van der Waals surface area contributed by atoms with E-state index in [0.717, 1.165) is 27.9 Å². The van der Waals surface area contributed by atoms with Gasteiger partial charge in [-0.25, -0.2) is 4.79 Å². The summed E-state index contributed by atoms with van der Waals surface area (Å²) in [7, 11) is 5.17. The van der Waals surface area contributed by atoms with Crippen molar-refractivity contribution in [2.75, 3.05) is 7.11 Å². The number of nitrogens with zero attached hydrogens (tertiary/aromatic N) is 2. The molecule has 5 heteroatoms. The maximum absolute atomic E-state index is 12.0. The number of methoxy groups -OCH3 is 1. The molecular weight excluding hydrogens is 278 g/mol. The lowest BCUT2D eigenvalue weighted by Crippen LogP contribution is -2.19. The fraction of sp³-hybridized carbons (Fsp3) is 0.235. The van der Waals surface area contributed by atoms with E-state index in [-0.39, 0.29) is 11.7 Å². The molecule has 1 unspecified atom stereocenters. The van der Waals surface area contributed by atoms with Crippen LogP contribution in [0.25, 0.3) is 11.0 Å². The fourth-order valence-corrected chi connectivity index (χ4v) is 2.74. The monoisotopic (exact) mass is 297 g/mol. The second kappa shape index (κ2) is 5.35. The lowest BCUT2D eigenvalue weighted by atomic mass is 9.99. The van der Waals surface area contributed by atoms with Gasteiger partial charge in [0.2, 0.25) is 0 Å². The van der Waals surface area contributed by atoms with E-state index < -0.39 is 0 Å². The van der Waals surface area contributed by atoms with Gasteiger partial charge >= 0.3 is 5.69 Å². The highest BCUT2D eigenvalue weighted by molar-refractivity contribution is 5.77. The highest BCUT2D eigenvalue weighted by Crippen LogP contribution is 2.25. The van der Waals surface area contributed by atoms with Gasteiger partial charge in [0.25, 0.3) is 0 Å². The first-order chi connectivity index (χ1) is 10.5. The zero-order valence-corrected chi connectivity index (χ0v) is 12.9. The van der Waals surface area contributed by atoms with Crippen LogP contribution in [0.15, 0.2) is 47.3 Å². The van der Waals surface area contributed by atoms with E-state index in [9.17, 15) is 4.79 Å². The van der Waals surface area contributed by atoms with Crippen molar-refractivity contribution in [1.82, 2.24) is 9.13 Å². The third-order valence-corrected chi connectivity index (χ3v) is 4.11. The van der Waals surface area contributed by atoms with Crippen LogP contribution in [0.5, 0.6) is 5.75 Å². The summed E-state index contributed by atoms with van der Waals surface area (Å²) < 4.78 is 8.52. The Morgan fingerprint density at radius 2 is 1.68 bits per heavy atom. The van der Waals surface area contributed by atoms with E-state index >= 15 is 0 Å². The first kappa shape index (κ1) is 14.4. The van der Waals surface area contributed by atoms with Crippen LogP contribution >= 0.6 is 0 Å². The molecule has 0 fully saturated rings. The van der Waals surface area contributed by atoms with Crippen molar-refractivity contribution in [3.8, 4) is 5.75 Å². The van der Waals surface area contributed by atoms with Crippen LogP contribution in [0, 0.1) is 0 Å². The fourth-order valence-electron chi connectivity index (χ4n) is 2.74. The van der Waals surface area contributed by atoms with Crippen LogP contribution in [0.4, 0.5) is 0 Å². The quantitative estimate of drug-likeness (QED) is 0.803. The lowest BCUT2D eigenvalue weighted by Gasteiger charge is -2.14. The molecule has 0 spiro atoms. The molecule has 0 radical (unpaired) electrons. The number of ether oxygens (including phenoxy) is 1. The number of hydrogen-bond donors (Lipinski definition) is 1. The van der Waals surface area contributed by atoms with Crippen LogP contribution in [0.1, 0.15) is 17.2 Å². The summed E-state index contributed by atoms with van der Waals surface area (Å²) in [5.74, 6) is 0.779. The molecule has 0 amide bonds. The standard InChI is InChI=1S/C17H19N3O2/c1-19-14-8-7-12(10-15(14)20(2)17(19)21)16(18)11-5-4-6-13(9-11)22-3/h4-10,16H,18H2,1-3H3. The van der Waals surface area contributed by atoms with Gasteiger partial charge in [-0.2, -0.15) is 0 Å². The maximum atomic E-state index is 12.0. The molecule has 2 N–H and O–H groups in total. The first-order valence-electron chi connectivity index (χ1n) is 7.08. The molecular formula is C17H19N3O2. The average Bonchev–Trinajstić information content (AvgIpc) is 2.78. The van der Waals surface area contributed by atoms with Gasteiger partial charge in [-0.05, 0) is 35.4 Å². The Labute approximate surface area is 128 Å². The molecule has 0 bridgehead atoms. The van der Waals surface area contributed by atoms with Crippen LogP contribution in [0.3, 0.4) is 0 Å². The summed E-state index contributed by atoms with van der Waals surface area (Å²) in [5.41, 5.74) is 10.0. The van der Waals surface area contributed by atoms with Crippen LogP contribution in [-0.4, -0.2) is 16.2 Å². The van der Waals surface area contributed by atoms with E-state index in [2.05, 4.69) is 0 Å². The lowest BCUT2D eigenvalue weighted by molar-refractivity contribution is 0.414. The van der Waals surface area contributed by atoms with Crippen LogP contribution in [0.2, 0.25) is 0 Å². The normalized spacial score (nSPS) is 12.5. The molecule has 114 valence electrons. The highest BCUT2D eigenvalue weighted by atomic mass is 16.5. The predicted octanol–water partition coefficient (Wildman–Crippen LogP) is 1.93. The minimum absolute atomic E-state index is 0.0397. The minimum atomic E-state index is -0.269. The number of nitrogens with two attached hydrogens (primary N) is 1. The second-order valence-corrected chi connectivity index (χ2v) is 5.40. The van der Waals surface area contributed by atoms with E-state index in [1.807, 2.05) is 42.5 Å². The van der Waals surface area contributed by atoms with Crippen molar-refractivity contribution in [3.05, 3.63) is 64.1 Å². The zero-order valence-electron chi connectivity index (χ0n) is 12.9. The Hall–Kier alpha value is -2.53. The van der Waals surface area contributed by atoms with Gasteiger partial charge in [0.15, 0.2) is 0 Å². The van der Waals surface area contributed by atoms with Crippen molar-refractivity contribution in [2.45, 2.75) is 6.04 Å². The molecule has 3 aromatic rings. The number of aromatic nitrogens is 2. The van der Waals surface area contributed by atoms with E-state index in [1.54, 1.807) is 30.3 Å². The SMILES string of the molecule is COc1cccc(C(N)c2ccc3c(c2)n(C)c(=O)n3C)c1. The van der Waals surface area contributed by atoms with Crippen molar-refractivity contribution in [2.24, 2.45) is 19.8 Å². The first-order valence-corrected chi connectivity index (χ1v) is 7.08. The Kier molecular flexibility index (Phi) is 3.50. The number of hydrogen-bond acceptors (Lipinski definition) is 3. The third kappa shape index (κ3) is 2.19. The van der Waals surface area contributed by atoms with Gasteiger partial charge < -0.3 is 10.5 Å². The number of imidazole rings is 1. The molecule has 0 saturated carbocycles. The van der Waals surface area contributed by atoms with Crippen molar-refractivity contribution in [1.29, 1.82) is 0 Å². The Morgan fingerprint density at radius 3 is 2.41 bits per heavy atom. The van der Waals surface area contributed by atoms with Crippen LogP contribution < -0.4 is 16.2 Å². The molecule has 1 aromatic heterocycles. The number of aryl methyl sites for hydroxylation is 2. The molecule has 1 atom stereocenters. The molecule has 0 aliphatic carbocycles. The van der Waals surface area contributed by atoms with E-state index in [0.29, 0.717) is 0 Å². The molecule has 0 saturated heterocycles. The number of rotatable bonds is 3. The molecule has 5 nitrogen and oxygen atoms in total. The summed E-state index contributed by atoms with van der Waals surface area (Å²) in [6.45, 7) is 0. The summed E-state index contributed by atoms with van der Waals surface area (Å²) in [4.78, 5) is 12.0. The molecule has 1 heterocycles. The average molecular weight is 297 g/mol. The summed E-state index contributed by atoms with van der Waals surface area (Å²) in [5, 5.41) is 0. The molecule has 2 aromatic carbocycles. The predicted molar refractivity (Wildman–Crippen MR) is 87.2 cm³/mol.